The van der Waals surface area contributed by atoms with Crippen molar-refractivity contribution in [2.45, 2.75) is 13.3 Å². The van der Waals surface area contributed by atoms with Crippen LogP contribution < -0.4 is 10.3 Å². The first-order valence-electron chi connectivity index (χ1n) is 8.95. The van der Waals surface area contributed by atoms with Gasteiger partial charge in [-0.2, -0.15) is 0 Å². The van der Waals surface area contributed by atoms with Gasteiger partial charge in [0.2, 0.25) is 0 Å². The summed E-state index contributed by atoms with van der Waals surface area (Å²) in [5, 5.41) is 0.504. The Bertz CT molecular complexity index is 1220. The minimum atomic E-state index is -0.256. The zero-order chi connectivity index (χ0) is 19.7. The second-order valence-corrected chi connectivity index (χ2v) is 6.70. The quantitative estimate of drug-likeness (QED) is 0.531. The van der Waals surface area contributed by atoms with Gasteiger partial charge in [-0.15, -0.1) is 0 Å². The number of nitrogens with zero attached hydrogens (tertiary/aromatic N) is 2. The molecule has 28 heavy (non-hydrogen) atoms. The van der Waals surface area contributed by atoms with Crippen molar-refractivity contribution in [1.82, 2.24) is 9.55 Å². The van der Waals surface area contributed by atoms with Gasteiger partial charge in [0.25, 0.3) is 5.56 Å². The fraction of sp³-hybridized carbons (Fsp3) is 0.130. The highest BCUT2D eigenvalue weighted by Gasteiger charge is 2.11. The highest BCUT2D eigenvalue weighted by atomic mass is 19.1. The number of aryl methyl sites for hydroxylation is 1. The second-order valence-electron chi connectivity index (χ2n) is 6.70. The number of ether oxygens (including phenoxy) is 1. The maximum absolute atomic E-state index is 14.5. The topological polar surface area (TPSA) is 44.1 Å². The summed E-state index contributed by atoms with van der Waals surface area (Å²) in [6.45, 7) is 1.71. The summed E-state index contributed by atoms with van der Waals surface area (Å²) in [7, 11) is 1.56. The SMILES string of the molecule is COc1cc(C)c(F)c(Cc2ccc3ncn(-c4ccccc4)c(=O)c3c2)c1. The smallest absolute Gasteiger partial charge is 0.265 e. The molecule has 0 radical (unpaired) electrons. The van der Waals surface area contributed by atoms with Gasteiger partial charge in [0.15, 0.2) is 0 Å². The lowest BCUT2D eigenvalue weighted by Gasteiger charge is -2.10. The predicted molar refractivity (Wildman–Crippen MR) is 108 cm³/mol. The molecular formula is C23H19FN2O2. The molecule has 4 nitrogen and oxygen atoms in total. The first-order chi connectivity index (χ1) is 13.6. The molecule has 5 heteroatoms. The van der Waals surface area contributed by atoms with Crippen LogP contribution in [0.15, 0.2) is 71.8 Å². The molecule has 0 aliphatic heterocycles. The van der Waals surface area contributed by atoms with Gasteiger partial charge in [0.1, 0.15) is 17.9 Å². The van der Waals surface area contributed by atoms with E-state index >= 15 is 0 Å². The molecule has 0 saturated heterocycles. The number of methoxy groups -OCH3 is 1. The summed E-state index contributed by atoms with van der Waals surface area (Å²) < 4.78 is 21.3. The van der Waals surface area contributed by atoms with E-state index in [0.29, 0.717) is 34.2 Å². The van der Waals surface area contributed by atoms with Crippen LogP contribution in [0, 0.1) is 12.7 Å². The zero-order valence-corrected chi connectivity index (χ0v) is 15.6. The van der Waals surface area contributed by atoms with Gasteiger partial charge in [-0.3, -0.25) is 9.36 Å². The molecule has 140 valence electrons. The molecule has 0 amide bonds. The van der Waals surface area contributed by atoms with Crippen LogP contribution in [0.2, 0.25) is 0 Å². The summed E-state index contributed by atoms with van der Waals surface area (Å²) in [5.41, 5.74) is 3.11. The summed E-state index contributed by atoms with van der Waals surface area (Å²) in [6.07, 6.45) is 1.89. The van der Waals surface area contributed by atoms with Crippen molar-refractivity contribution in [3.05, 3.63) is 99.9 Å². The minimum absolute atomic E-state index is 0.152. The van der Waals surface area contributed by atoms with Gasteiger partial charge in [0.05, 0.1) is 23.7 Å². The summed E-state index contributed by atoms with van der Waals surface area (Å²) >= 11 is 0. The van der Waals surface area contributed by atoms with Crippen LogP contribution in [-0.4, -0.2) is 16.7 Å². The Kier molecular flexibility index (Phi) is 4.65. The Morgan fingerprint density at radius 1 is 1.07 bits per heavy atom. The Balaban J connectivity index is 1.79. The second kappa shape index (κ2) is 7.27. The first-order valence-corrected chi connectivity index (χ1v) is 8.95. The molecule has 0 atom stereocenters. The number of fused-ring (bicyclic) bond motifs is 1. The number of halogens is 1. The number of hydrogen-bond acceptors (Lipinski definition) is 3. The number of para-hydroxylation sites is 1. The van der Waals surface area contributed by atoms with E-state index in [1.807, 2.05) is 36.4 Å². The molecule has 0 fully saturated rings. The third-order valence-corrected chi connectivity index (χ3v) is 4.79. The van der Waals surface area contributed by atoms with Crippen LogP contribution in [0.5, 0.6) is 5.75 Å². The Hall–Kier alpha value is -3.47. The van der Waals surface area contributed by atoms with Crippen LogP contribution in [0.4, 0.5) is 4.39 Å². The van der Waals surface area contributed by atoms with Gasteiger partial charge in [-0.1, -0.05) is 24.3 Å². The normalized spacial score (nSPS) is 11.0. The van der Waals surface area contributed by atoms with E-state index in [0.717, 1.165) is 11.3 Å². The van der Waals surface area contributed by atoms with Crippen molar-refractivity contribution in [3.8, 4) is 11.4 Å². The van der Waals surface area contributed by atoms with E-state index in [9.17, 15) is 9.18 Å². The van der Waals surface area contributed by atoms with Crippen molar-refractivity contribution < 1.29 is 9.13 Å². The maximum Gasteiger partial charge on any atom is 0.265 e. The van der Waals surface area contributed by atoms with Crippen LogP contribution in [0.25, 0.3) is 16.6 Å². The highest BCUT2D eigenvalue weighted by Crippen LogP contribution is 2.24. The van der Waals surface area contributed by atoms with E-state index in [2.05, 4.69) is 4.98 Å². The van der Waals surface area contributed by atoms with Crippen LogP contribution >= 0.6 is 0 Å². The average molecular weight is 374 g/mol. The third kappa shape index (κ3) is 3.27. The third-order valence-electron chi connectivity index (χ3n) is 4.79. The molecular weight excluding hydrogens is 355 g/mol. The van der Waals surface area contributed by atoms with E-state index in [4.69, 9.17) is 4.74 Å². The Labute approximate surface area is 161 Å². The lowest BCUT2D eigenvalue weighted by atomic mass is 10.0. The van der Waals surface area contributed by atoms with Crippen molar-refractivity contribution in [3.63, 3.8) is 0 Å². The monoisotopic (exact) mass is 374 g/mol. The first kappa shape index (κ1) is 17.9. The molecule has 1 aromatic heterocycles. The molecule has 0 N–H and O–H groups in total. The van der Waals surface area contributed by atoms with Crippen LogP contribution in [0.1, 0.15) is 16.7 Å². The summed E-state index contributed by atoms with van der Waals surface area (Å²) in [5.74, 6) is 0.358. The summed E-state index contributed by atoms with van der Waals surface area (Å²) in [4.78, 5) is 17.4. The minimum Gasteiger partial charge on any atom is -0.497 e. The van der Waals surface area contributed by atoms with E-state index in [1.165, 1.54) is 10.9 Å². The van der Waals surface area contributed by atoms with Gasteiger partial charge >= 0.3 is 0 Å². The fourth-order valence-electron chi connectivity index (χ4n) is 3.32. The van der Waals surface area contributed by atoms with E-state index < -0.39 is 0 Å². The van der Waals surface area contributed by atoms with Crippen LogP contribution in [-0.2, 0) is 6.42 Å². The molecule has 0 spiro atoms. The Morgan fingerprint density at radius 3 is 2.61 bits per heavy atom. The van der Waals surface area contributed by atoms with Crippen LogP contribution in [0.3, 0.4) is 0 Å². The van der Waals surface area contributed by atoms with Gasteiger partial charge < -0.3 is 4.74 Å². The largest absolute Gasteiger partial charge is 0.497 e. The predicted octanol–water partition coefficient (Wildman–Crippen LogP) is 4.43. The number of hydrogen-bond donors (Lipinski definition) is 0. The van der Waals surface area contributed by atoms with Crippen molar-refractivity contribution in [2.24, 2.45) is 0 Å². The molecule has 0 aliphatic rings. The summed E-state index contributed by atoms with van der Waals surface area (Å²) in [6, 6.07) is 18.2. The lowest BCUT2D eigenvalue weighted by molar-refractivity contribution is 0.412. The lowest BCUT2D eigenvalue weighted by Crippen LogP contribution is -2.18. The molecule has 0 unspecified atom stereocenters. The number of aromatic nitrogens is 2. The molecule has 3 aromatic carbocycles. The van der Waals surface area contributed by atoms with Crippen molar-refractivity contribution in [1.29, 1.82) is 0 Å². The van der Waals surface area contributed by atoms with E-state index in [1.54, 1.807) is 38.3 Å². The molecule has 0 bridgehead atoms. The Morgan fingerprint density at radius 2 is 1.86 bits per heavy atom. The molecule has 4 rings (SSSR count). The van der Waals surface area contributed by atoms with Gasteiger partial charge in [0, 0.05) is 6.42 Å². The molecule has 0 saturated carbocycles. The highest BCUT2D eigenvalue weighted by molar-refractivity contribution is 5.78. The average Bonchev–Trinajstić information content (AvgIpc) is 2.72. The van der Waals surface area contributed by atoms with Gasteiger partial charge in [-0.05, 0) is 60.0 Å². The van der Waals surface area contributed by atoms with Gasteiger partial charge in [-0.25, -0.2) is 9.37 Å². The number of benzene rings is 3. The van der Waals surface area contributed by atoms with Crippen molar-refractivity contribution >= 4 is 10.9 Å². The van der Waals surface area contributed by atoms with Crippen molar-refractivity contribution in [2.75, 3.05) is 7.11 Å². The molecule has 1 heterocycles. The molecule has 4 aromatic rings. The van der Waals surface area contributed by atoms with E-state index in [-0.39, 0.29) is 11.4 Å². The number of rotatable bonds is 4. The standard InChI is InChI=1S/C23H19FN2O2/c1-15-10-19(28-2)13-17(22(15)24)11-16-8-9-21-20(12-16)23(27)26(14-25-21)18-6-4-3-5-7-18/h3-10,12-14H,11H2,1-2H3. The zero-order valence-electron chi connectivity index (χ0n) is 15.6. The fourth-order valence-corrected chi connectivity index (χ4v) is 3.32. The maximum atomic E-state index is 14.5. The molecule has 0 aliphatic carbocycles.